The van der Waals surface area contributed by atoms with Crippen LogP contribution < -0.4 is 5.32 Å². The zero-order chi connectivity index (χ0) is 19.9. The maximum Gasteiger partial charge on any atom is 0.253 e. The molecule has 1 unspecified atom stereocenters. The van der Waals surface area contributed by atoms with Gasteiger partial charge in [-0.2, -0.15) is 0 Å². The van der Waals surface area contributed by atoms with Crippen molar-refractivity contribution in [1.82, 2.24) is 20.0 Å². The largest absolute Gasteiger partial charge is 0.340 e. The number of amides is 2. The summed E-state index contributed by atoms with van der Waals surface area (Å²) >= 11 is 0. The molecule has 2 saturated heterocycles. The minimum atomic E-state index is -0.357. The van der Waals surface area contributed by atoms with Crippen molar-refractivity contribution in [2.24, 2.45) is 0 Å². The van der Waals surface area contributed by atoms with Crippen molar-refractivity contribution in [3.05, 3.63) is 35.6 Å². The van der Waals surface area contributed by atoms with E-state index >= 15 is 0 Å². The summed E-state index contributed by atoms with van der Waals surface area (Å²) in [5, 5.41) is 3.24. The molecule has 2 fully saturated rings. The fourth-order valence-corrected chi connectivity index (χ4v) is 4.13. The minimum Gasteiger partial charge on any atom is -0.340 e. The number of carbonyl (C=O) groups excluding carboxylic acids is 2. The third-order valence-corrected chi connectivity index (χ3v) is 5.78. The van der Waals surface area contributed by atoms with Gasteiger partial charge in [0, 0.05) is 57.3 Å². The van der Waals surface area contributed by atoms with E-state index in [-0.39, 0.29) is 17.6 Å². The highest BCUT2D eigenvalue weighted by atomic mass is 19.1. The Morgan fingerprint density at radius 1 is 1.18 bits per heavy atom. The lowest BCUT2D eigenvalue weighted by Crippen LogP contribution is -2.48. The van der Waals surface area contributed by atoms with Crippen molar-refractivity contribution >= 4 is 11.8 Å². The van der Waals surface area contributed by atoms with E-state index in [2.05, 4.69) is 17.1 Å². The number of benzene rings is 1. The summed E-state index contributed by atoms with van der Waals surface area (Å²) in [4.78, 5) is 31.7. The van der Waals surface area contributed by atoms with Gasteiger partial charge in [-0.1, -0.05) is 6.92 Å². The predicted molar refractivity (Wildman–Crippen MR) is 107 cm³/mol. The maximum atomic E-state index is 13.2. The van der Waals surface area contributed by atoms with E-state index in [0.29, 0.717) is 31.1 Å². The number of nitrogens with one attached hydrogen (secondary N) is 1. The lowest BCUT2D eigenvalue weighted by Gasteiger charge is -2.32. The molecule has 7 heteroatoms. The van der Waals surface area contributed by atoms with Crippen LogP contribution in [0.1, 0.15) is 36.5 Å². The van der Waals surface area contributed by atoms with Crippen molar-refractivity contribution in [3.63, 3.8) is 0 Å². The van der Waals surface area contributed by atoms with Gasteiger partial charge in [0.15, 0.2) is 0 Å². The van der Waals surface area contributed by atoms with Gasteiger partial charge in [-0.05, 0) is 50.2 Å². The van der Waals surface area contributed by atoms with Crippen LogP contribution in [-0.2, 0) is 4.79 Å². The number of likely N-dealkylation sites (N-methyl/N-ethyl adjacent to an activating group) is 1. The number of carbonyl (C=O) groups is 2. The fourth-order valence-electron chi connectivity index (χ4n) is 4.13. The number of piperazine rings is 1. The number of hydrogen-bond acceptors (Lipinski definition) is 4. The number of nitrogens with zero attached hydrogens (tertiary/aromatic N) is 3. The highest BCUT2D eigenvalue weighted by molar-refractivity contribution is 5.94. The third-order valence-electron chi connectivity index (χ3n) is 5.78. The molecule has 0 bridgehead atoms. The van der Waals surface area contributed by atoms with Gasteiger partial charge >= 0.3 is 0 Å². The van der Waals surface area contributed by atoms with Gasteiger partial charge in [-0.3, -0.25) is 14.5 Å². The summed E-state index contributed by atoms with van der Waals surface area (Å²) in [5.41, 5.74) is 0.470. The molecule has 2 heterocycles. The first-order chi connectivity index (χ1) is 13.6. The van der Waals surface area contributed by atoms with Crippen molar-refractivity contribution in [2.75, 3.05) is 52.4 Å². The molecular formula is C21H31FN4O2. The SMILES string of the molecule is CCN1CCCC1CN(CCC(=O)N1CCNCC1)C(=O)c1ccc(F)cc1. The van der Waals surface area contributed by atoms with Crippen LogP contribution in [0.5, 0.6) is 0 Å². The normalized spacial score (nSPS) is 20.4. The van der Waals surface area contributed by atoms with Crippen molar-refractivity contribution in [3.8, 4) is 0 Å². The third kappa shape index (κ3) is 5.29. The van der Waals surface area contributed by atoms with Crippen LogP contribution in [0.4, 0.5) is 4.39 Å². The highest BCUT2D eigenvalue weighted by Crippen LogP contribution is 2.19. The Kier molecular flexibility index (Phi) is 7.39. The summed E-state index contributed by atoms with van der Waals surface area (Å²) < 4.78 is 13.2. The highest BCUT2D eigenvalue weighted by Gasteiger charge is 2.28. The van der Waals surface area contributed by atoms with E-state index in [1.165, 1.54) is 24.3 Å². The molecule has 0 saturated carbocycles. The zero-order valence-corrected chi connectivity index (χ0v) is 16.7. The van der Waals surface area contributed by atoms with Gasteiger partial charge in [0.05, 0.1) is 0 Å². The molecule has 0 aliphatic carbocycles. The Bertz CT molecular complexity index is 661. The molecule has 0 aromatic heterocycles. The average Bonchev–Trinajstić information content (AvgIpc) is 3.18. The van der Waals surface area contributed by atoms with Crippen molar-refractivity contribution in [1.29, 1.82) is 0 Å². The first-order valence-corrected chi connectivity index (χ1v) is 10.4. The van der Waals surface area contributed by atoms with Gasteiger partial charge < -0.3 is 15.1 Å². The first-order valence-electron chi connectivity index (χ1n) is 10.4. The topological polar surface area (TPSA) is 55.9 Å². The molecule has 28 heavy (non-hydrogen) atoms. The zero-order valence-electron chi connectivity index (χ0n) is 16.7. The molecule has 0 spiro atoms. The molecule has 1 N–H and O–H groups in total. The number of hydrogen-bond donors (Lipinski definition) is 1. The summed E-state index contributed by atoms with van der Waals surface area (Å²) in [7, 11) is 0. The molecule has 154 valence electrons. The predicted octanol–water partition coefficient (Wildman–Crippen LogP) is 1.57. The Balaban J connectivity index is 1.67. The van der Waals surface area contributed by atoms with Crippen LogP contribution in [0.3, 0.4) is 0 Å². The Labute approximate surface area is 166 Å². The smallest absolute Gasteiger partial charge is 0.253 e. The number of rotatable bonds is 7. The molecule has 2 aliphatic rings. The molecule has 6 nitrogen and oxygen atoms in total. The molecule has 1 aromatic rings. The van der Waals surface area contributed by atoms with E-state index in [9.17, 15) is 14.0 Å². The monoisotopic (exact) mass is 390 g/mol. The van der Waals surface area contributed by atoms with Crippen LogP contribution in [-0.4, -0.2) is 84.9 Å². The van der Waals surface area contributed by atoms with E-state index < -0.39 is 0 Å². The van der Waals surface area contributed by atoms with E-state index in [4.69, 9.17) is 0 Å². The second-order valence-electron chi connectivity index (χ2n) is 7.56. The second-order valence-corrected chi connectivity index (χ2v) is 7.56. The van der Waals surface area contributed by atoms with Gasteiger partial charge in [-0.15, -0.1) is 0 Å². The van der Waals surface area contributed by atoms with Crippen LogP contribution in [0.2, 0.25) is 0 Å². The van der Waals surface area contributed by atoms with E-state index in [1.54, 1.807) is 4.90 Å². The van der Waals surface area contributed by atoms with Crippen molar-refractivity contribution in [2.45, 2.75) is 32.2 Å². The van der Waals surface area contributed by atoms with Crippen molar-refractivity contribution < 1.29 is 14.0 Å². The molecule has 1 aromatic carbocycles. The molecular weight excluding hydrogens is 359 g/mol. The van der Waals surface area contributed by atoms with Crippen LogP contribution in [0.15, 0.2) is 24.3 Å². The van der Waals surface area contributed by atoms with Gasteiger partial charge in [0.1, 0.15) is 5.82 Å². The molecule has 3 rings (SSSR count). The maximum absolute atomic E-state index is 13.2. The summed E-state index contributed by atoms with van der Waals surface area (Å²) in [6.07, 6.45) is 2.52. The number of likely N-dealkylation sites (tertiary alicyclic amines) is 1. The van der Waals surface area contributed by atoms with Gasteiger partial charge in [0.2, 0.25) is 5.91 Å². The fraction of sp³-hybridized carbons (Fsp3) is 0.619. The minimum absolute atomic E-state index is 0.0946. The quantitative estimate of drug-likeness (QED) is 0.768. The Morgan fingerprint density at radius 3 is 2.57 bits per heavy atom. The second kappa shape index (κ2) is 9.98. The van der Waals surface area contributed by atoms with Crippen LogP contribution in [0.25, 0.3) is 0 Å². The molecule has 2 aliphatic heterocycles. The lowest BCUT2D eigenvalue weighted by molar-refractivity contribution is -0.132. The van der Waals surface area contributed by atoms with Crippen LogP contribution in [0, 0.1) is 5.82 Å². The van der Waals surface area contributed by atoms with Gasteiger partial charge in [0.25, 0.3) is 5.91 Å². The first kappa shape index (κ1) is 20.7. The van der Waals surface area contributed by atoms with E-state index in [1.807, 2.05) is 4.90 Å². The molecule has 0 radical (unpaired) electrons. The summed E-state index contributed by atoms with van der Waals surface area (Å²) in [6, 6.07) is 5.99. The van der Waals surface area contributed by atoms with Gasteiger partial charge in [-0.25, -0.2) is 4.39 Å². The average molecular weight is 391 g/mol. The molecule has 2 amide bonds. The van der Waals surface area contributed by atoms with E-state index in [0.717, 1.165) is 52.1 Å². The molecule has 1 atom stereocenters. The lowest BCUT2D eigenvalue weighted by atomic mass is 10.1. The summed E-state index contributed by atoms with van der Waals surface area (Å²) in [5.74, 6) is -0.391. The number of halogens is 1. The Morgan fingerprint density at radius 2 is 1.89 bits per heavy atom. The Hall–Kier alpha value is -1.99. The standard InChI is InChI=1S/C21H31FN4O2/c1-2-24-12-3-4-19(24)16-26(21(28)17-5-7-18(22)8-6-17)13-9-20(27)25-14-10-23-11-15-25/h5-8,19,23H,2-4,9-16H2,1H3. The summed E-state index contributed by atoms with van der Waals surface area (Å²) in [6.45, 7) is 8.23. The van der Waals surface area contributed by atoms with Crippen LogP contribution >= 0.6 is 0 Å².